The highest BCUT2D eigenvalue weighted by Gasteiger charge is 1.90. The summed E-state index contributed by atoms with van der Waals surface area (Å²) >= 11 is 6.85. The predicted molar refractivity (Wildman–Crippen MR) is 74.3 cm³/mol. The molecule has 0 unspecified atom stereocenters. The Kier molecular flexibility index (Phi) is 3.82. The van der Waals surface area contributed by atoms with Crippen LogP contribution in [0.2, 0.25) is 0 Å². The van der Waals surface area contributed by atoms with Crippen LogP contribution in [0, 0.1) is 11.8 Å². The highest BCUT2D eigenvalue weighted by atomic mass is 79.9. The second kappa shape index (κ2) is 5.34. The molecule has 0 aromatic heterocycles. The number of halogens is 2. The number of hydrogen-bond acceptors (Lipinski definition) is 0. The molecule has 16 heavy (non-hydrogen) atoms. The van der Waals surface area contributed by atoms with Crippen molar-refractivity contribution in [3.63, 3.8) is 0 Å². The van der Waals surface area contributed by atoms with Crippen LogP contribution in [-0.2, 0) is 0 Å². The van der Waals surface area contributed by atoms with Gasteiger partial charge in [0.15, 0.2) is 0 Å². The fourth-order valence-corrected chi connectivity index (χ4v) is 2.08. The Morgan fingerprint density at radius 2 is 1.12 bits per heavy atom. The topological polar surface area (TPSA) is 0 Å². The van der Waals surface area contributed by atoms with E-state index in [1.54, 1.807) is 0 Å². The predicted octanol–water partition coefficient (Wildman–Crippen LogP) is 4.61. The molecular formula is C14H8Br2. The van der Waals surface area contributed by atoms with Crippen molar-refractivity contribution in [2.75, 3.05) is 0 Å². The Balaban J connectivity index is 2.28. The zero-order valence-electron chi connectivity index (χ0n) is 8.37. The third-order valence-corrected chi connectivity index (χ3v) is 2.99. The van der Waals surface area contributed by atoms with Crippen LogP contribution in [0.4, 0.5) is 0 Å². The maximum atomic E-state index is 3.42. The van der Waals surface area contributed by atoms with Crippen LogP contribution in [-0.4, -0.2) is 0 Å². The van der Waals surface area contributed by atoms with E-state index >= 15 is 0 Å². The molecule has 0 aliphatic heterocycles. The summed E-state index contributed by atoms with van der Waals surface area (Å²) in [6.07, 6.45) is 0. The lowest BCUT2D eigenvalue weighted by Crippen LogP contribution is -1.76. The average Bonchev–Trinajstić information content (AvgIpc) is 2.27. The molecule has 0 N–H and O–H groups in total. The summed E-state index contributed by atoms with van der Waals surface area (Å²) < 4.78 is 2.10. The van der Waals surface area contributed by atoms with Crippen LogP contribution in [0.1, 0.15) is 11.1 Å². The minimum atomic E-state index is 1.01. The SMILES string of the molecule is Brc1cccc(C#Cc2cccc(Br)c2)c1. The van der Waals surface area contributed by atoms with Crippen molar-refractivity contribution in [2.45, 2.75) is 0 Å². The Morgan fingerprint density at radius 1 is 0.688 bits per heavy atom. The lowest BCUT2D eigenvalue weighted by Gasteiger charge is -1.92. The van der Waals surface area contributed by atoms with Crippen molar-refractivity contribution in [3.8, 4) is 11.8 Å². The van der Waals surface area contributed by atoms with E-state index in [9.17, 15) is 0 Å². The van der Waals surface area contributed by atoms with Gasteiger partial charge in [-0.15, -0.1) is 0 Å². The minimum absolute atomic E-state index is 1.01. The monoisotopic (exact) mass is 334 g/mol. The first-order valence-corrected chi connectivity index (χ1v) is 6.36. The molecule has 0 nitrogen and oxygen atoms in total. The molecule has 0 aliphatic rings. The molecule has 2 rings (SSSR count). The van der Waals surface area contributed by atoms with Gasteiger partial charge in [0.2, 0.25) is 0 Å². The number of rotatable bonds is 0. The van der Waals surface area contributed by atoms with Crippen LogP contribution < -0.4 is 0 Å². The van der Waals surface area contributed by atoms with Crippen molar-refractivity contribution in [1.82, 2.24) is 0 Å². The molecule has 0 bridgehead atoms. The minimum Gasteiger partial charge on any atom is -0.0616 e. The summed E-state index contributed by atoms with van der Waals surface area (Å²) in [7, 11) is 0. The molecule has 0 fully saturated rings. The van der Waals surface area contributed by atoms with Gasteiger partial charge in [-0.3, -0.25) is 0 Å². The second-order valence-corrected chi connectivity index (χ2v) is 5.10. The Bertz CT molecular complexity index is 513. The lowest BCUT2D eigenvalue weighted by molar-refractivity contribution is 1.58. The standard InChI is InChI=1S/C14H8Br2/c15-13-5-1-3-11(9-13)7-8-12-4-2-6-14(16)10-12/h1-6,9-10H. The maximum Gasteiger partial charge on any atom is 0.0260 e. The number of benzene rings is 2. The highest BCUT2D eigenvalue weighted by molar-refractivity contribution is 9.10. The van der Waals surface area contributed by atoms with Gasteiger partial charge in [-0.1, -0.05) is 55.8 Å². The summed E-state index contributed by atoms with van der Waals surface area (Å²) in [6.45, 7) is 0. The summed E-state index contributed by atoms with van der Waals surface area (Å²) in [4.78, 5) is 0. The summed E-state index contributed by atoms with van der Waals surface area (Å²) in [5.41, 5.74) is 2.02. The van der Waals surface area contributed by atoms with Gasteiger partial charge in [-0.25, -0.2) is 0 Å². The molecule has 0 amide bonds. The molecule has 0 saturated carbocycles. The molecule has 0 spiro atoms. The van der Waals surface area contributed by atoms with Crippen molar-refractivity contribution in [2.24, 2.45) is 0 Å². The van der Waals surface area contributed by atoms with E-state index in [2.05, 4.69) is 43.7 Å². The maximum absolute atomic E-state index is 3.42. The summed E-state index contributed by atoms with van der Waals surface area (Å²) in [6, 6.07) is 15.9. The van der Waals surface area contributed by atoms with Crippen LogP contribution in [0.5, 0.6) is 0 Å². The molecule has 0 heterocycles. The van der Waals surface area contributed by atoms with E-state index in [1.807, 2.05) is 48.5 Å². The summed E-state index contributed by atoms with van der Waals surface area (Å²) in [5, 5.41) is 0. The average molecular weight is 336 g/mol. The van der Waals surface area contributed by atoms with Gasteiger partial charge in [-0.05, 0) is 36.4 Å². The van der Waals surface area contributed by atoms with Gasteiger partial charge >= 0.3 is 0 Å². The van der Waals surface area contributed by atoms with E-state index in [0.717, 1.165) is 20.1 Å². The van der Waals surface area contributed by atoms with Gasteiger partial charge < -0.3 is 0 Å². The van der Waals surface area contributed by atoms with E-state index in [-0.39, 0.29) is 0 Å². The highest BCUT2D eigenvalue weighted by Crippen LogP contribution is 2.12. The summed E-state index contributed by atoms with van der Waals surface area (Å²) in [5.74, 6) is 6.26. The Morgan fingerprint density at radius 3 is 1.50 bits per heavy atom. The van der Waals surface area contributed by atoms with Crippen LogP contribution in [0.15, 0.2) is 57.5 Å². The van der Waals surface area contributed by atoms with Gasteiger partial charge in [0, 0.05) is 20.1 Å². The number of hydrogen-bond donors (Lipinski definition) is 0. The van der Waals surface area contributed by atoms with Gasteiger partial charge in [-0.2, -0.15) is 0 Å². The largest absolute Gasteiger partial charge is 0.0616 e. The smallest absolute Gasteiger partial charge is 0.0260 e. The third-order valence-electron chi connectivity index (χ3n) is 2.00. The Labute approximate surface area is 112 Å². The lowest BCUT2D eigenvalue weighted by atomic mass is 10.2. The first-order chi connectivity index (χ1) is 7.74. The van der Waals surface area contributed by atoms with Crippen molar-refractivity contribution >= 4 is 31.9 Å². The van der Waals surface area contributed by atoms with Crippen LogP contribution in [0.3, 0.4) is 0 Å². The first kappa shape index (κ1) is 11.4. The fraction of sp³-hybridized carbons (Fsp3) is 0. The molecule has 0 aliphatic carbocycles. The van der Waals surface area contributed by atoms with Gasteiger partial charge in [0.25, 0.3) is 0 Å². The van der Waals surface area contributed by atoms with E-state index in [1.165, 1.54) is 0 Å². The van der Waals surface area contributed by atoms with E-state index in [4.69, 9.17) is 0 Å². The van der Waals surface area contributed by atoms with Crippen molar-refractivity contribution in [3.05, 3.63) is 68.6 Å². The zero-order chi connectivity index (χ0) is 11.4. The molecule has 2 aromatic rings. The zero-order valence-corrected chi connectivity index (χ0v) is 11.5. The normalized spacial score (nSPS) is 9.38. The van der Waals surface area contributed by atoms with Gasteiger partial charge in [0.05, 0.1) is 0 Å². The second-order valence-electron chi connectivity index (χ2n) is 3.27. The molecule has 0 saturated heterocycles. The third kappa shape index (κ3) is 3.23. The molecule has 0 atom stereocenters. The molecule has 78 valence electrons. The molecular weight excluding hydrogens is 328 g/mol. The van der Waals surface area contributed by atoms with Crippen molar-refractivity contribution < 1.29 is 0 Å². The van der Waals surface area contributed by atoms with Crippen molar-refractivity contribution in [1.29, 1.82) is 0 Å². The first-order valence-electron chi connectivity index (χ1n) is 4.77. The van der Waals surface area contributed by atoms with Gasteiger partial charge in [0.1, 0.15) is 0 Å². The molecule has 2 heteroatoms. The molecule has 0 radical (unpaired) electrons. The van der Waals surface area contributed by atoms with E-state index in [0.29, 0.717) is 0 Å². The van der Waals surface area contributed by atoms with E-state index < -0.39 is 0 Å². The molecule has 2 aromatic carbocycles. The van der Waals surface area contributed by atoms with Crippen LogP contribution >= 0.6 is 31.9 Å². The fourth-order valence-electron chi connectivity index (χ4n) is 1.28. The van der Waals surface area contributed by atoms with Crippen LogP contribution in [0.25, 0.3) is 0 Å². The Hall–Kier alpha value is -1.04. The quantitative estimate of drug-likeness (QED) is 0.617.